The molecule has 5 nitrogen and oxygen atoms in total. The molecule has 0 bridgehead atoms. The molecule has 6 heteroatoms. The third kappa shape index (κ3) is 2.50. The Bertz CT molecular complexity index is 951. The van der Waals surface area contributed by atoms with E-state index in [9.17, 15) is 9.90 Å². The van der Waals surface area contributed by atoms with Gasteiger partial charge in [-0.3, -0.25) is 4.79 Å². The van der Waals surface area contributed by atoms with Gasteiger partial charge in [-0.1, -0.05) is 12.1 Å². The molecule has 2 aromatic heterocycles. The minimum atomic E-state index is -0.396. The molecule has 0 amide bonds. The highest BCUT2D eigenvalue weighted by atomic mass is 32.1. The summed E-state index contributed by atoms with van der Waals surface area (Å²) in [5.41, 5.74) is 2.56. The summed E-state index contributed by atoms with van der Waals surface area (Å²) >= 11 is 1.44. The molecule has 0 atom stereocenters. The lowest BCUT2D eigenvalue weighted by Gasteiger charge is -2.02. The number of rotatable bonds is 2. The van der Waals surface area contributed by atoms with Crippen molar-refractivity contribution < 1.29 is 5.11 Å². The number of pyridine rings is 1. The molecule has 108 valence electrons. The molecule has 0 fully saturated rings. The zero-order valence-electron chi connectivity index (χ0n) is 11.6. The predicted octanol–water partition coefficient (Wildman–Crippen LogP) is 3.05. The van der Waals surface area contributed by atoms with E-state index in [0.717, 1.165) is 16.1 Å². The number of hydrogen-bond acceptors (Lipinski definition) is 5. The van der Waals surface area contributed by atoms with Gasteiger partial charge in [0.15, 0.2) is 0 Å². The molecule has 22 heavy (non-hydrogen) atoms. The van der Waals surface area contributed by atoms with E-state index >= 15 is 0 Å². The van der Waals surface area contributed by atoms with Gasteiger partial charge in [-0.05, 0) is 25.1 Å². The fourth-order valence-corrected chi connectivity index (χ4v) is 2.96. The Hall–Kier alpha value is -2.91. The first-order chi connectivity index (χ1) is 10.6. The van der Waals surface area contributed by atoms with Crippen LogP contribution in [-0.4, -0.2) is 15.1 Å². The lowest BCUT2D eigenvalue weighted by Crippen LogP contribution is -2.11. The number of thiazole rings is 1. The first-order valence-electron chi connectivity index (χ1n) is 6.48. The monoisotopic (exact) mass is 309 g/mol. The minimum absolute atomic E-state index is 0.0625. The Morgan fingerprint density at radius 1 is 1.36 bits per heavy atom. The second-order valence-electron chi connectivity index (χ2n) is 4.75. The molecular formula is C16H11N3O2S. The summed E-state index contributed by atoms with van der Waals surface area (Å²) in [6, 6.07) is 10.3. The molecule has 0 aliphatic carbocycles. The maximum Gasteiger partial charge on any atom is 0.266 e. The van der Waals surface area contributed by atoms with Crippen molar-refractivity contribution in [1.82, 2.24) is 9.97 Å². The van der Waals surface area contributed by atoms with Crippen molar-refractivity contribution in [2.45, 2.75) is 6.92 Å². The van der Waals surface area contributed by atoms with Crippen molar-refractivity contribution in [1.29, 1.82) is 5.26 Å². The van der Waals surface area contributed by atoms with Crippen molar-refractivity contribution >= 4 is 11.3 Å². The fourth-order valence-electron chi connectivity index (χ4n) is 2.14. The number of nitrogens with zero attached hydrogens (tertiary/aromatic N) is 2. The van der Waals surface area contributed by atoms with Crippen LogP contribution in [0.3, 0.4) is 0 Å². The first kappa shape index (κ1) is 14.0. The highest BCUT2D eigenvalue weighted by Gasteiger charge is 2.12. The van der Waals surface area contributed by atoms with Crippen molar-refractivity contribution in [3.63, 3.8) is 0 Å². The Morgan fingerprint density at radius 3 is 2.91 bits per heavy atom. The average Bonchev–Trinajstić information content (AvgIpc) is 2.97. The van der Waals surface area contributed by atoms with Crippen LogP contribution in [0.1, 0.15) is 11.3 Å². The number of nitriles is 1. The van der Waals surface area contributed by atoms with E-state index in [1.807, 2.05) is 17.5 Å². The lowest BCUT2D eigenvalue weighted by molar-refractivity contribution is 0.475. The Labute approximate surface area is 130 Å². The van der Waals surface area contributed by atoms with Gasteiger partial charge in [0, 0.05) is 22.2 Å². The van der Waals surface area contributed by atoms with Gasteiger partial charge in [-0.2, -0.15) is 5.26 Å². The van der Waals surface area contributed by atoms with E-state index < -0.39 is 5.56 Å². The van der Waals surface area contributed by atoms with E-state index in [2.05, 4.69) is 9.97 Å². The summed E-state index contributed by atoms with van der Waals surface area (Å²) in [5.74, 6) is 0.182. The lowest BCUT2D eigenvalue weighted by atomic mass is 10.1. The van der Waals surface area contributed by atoms with Gasteiger partial charge in [-0.25, -0.2) is 4.98 Å². The molecule has 0 spiro atoms. The highest BCUT2D eigenvalue weighted by molar-refractivity contribution is 7.13. The van der Waals surface area contributed by atoms with Crippen LogP contribution < -0.4 is 5.56 Å². The standard InChI is InChI=1S/C16H11N3O2S/c1-9-13(6-11(7-17)15(21)18-9)14-8-22-16(19-14)10-3-2-4-12(20)5-10/h2-6,8,20H,1H3,(H,18,21). The van der Waals surface area contributed by atoms with Crippen LogP contribution in [0, 0.1) is 18.3 Å². The Kier molecular flexibility index (Phi) is 3.49. The number of hydrogen-bond donors (Lipinski definition) is 2. The van der Waals surface area contributed by atoms with Crippen molar-refractivity contribution in [3.8, 4) is 33.6 Å². The third-order valence-electron chi connectivity index (χ3n) is 3.23. The van der Waals surface area contributed by atoms with Gasteiger partial charge < -0.3 is 10.1 Å². The van der Waals surface area contributed by atoms with Gasteiger partial charge >= 0.3 is 0 Å². The number of aryl methyl sites for hydroxylation is 1. The molecule has 0 saturated carbocycles. The highest BCUT2D eigenvalue weighted by Crippen LogP contribution is 2.31. The Morgan fingerprint density at radius 2 is 2.18 bits per heavy atom. The number of H-pyrrole nitrogens is 1. The van der Waals surface area contributed by atoms with Crippen LogP contribution in [0.25, 0.3) is 21.8 Å². The van der Waals surface area contributed by atoms with Gasteiger partial charge in [0.1, 0.15) is 22.4 Å². The summed E-state index contributed by atoms with van der Waals surface area (Å²) in [6.45, 7) is 1.77. The van der Waals surface area contributed by atoms with Crippen LogP contribution >= 0.6 is 11.3 Å². The molecule has 3 aromatic rings. The van der Waals surface area contributed by atoms with Gasteiger partial charge in [0.2, 0.25) is 0 Å². The topological polar surface area (TPSA) is 89.8 Å². The smallest absolute Gasteiger partial charge is 0.266 e. The van der Waals surface area contributed by atoms with Gasteiger partial charge in [0.05, 0.1) is 5.69 Å². The zero-order chi connectivity index (χ0) is 15.7. The molecule has 0 aliphatic rings. The van der Waals surface area contributed by atoms with Crippen LogP contribution in [0.5, 0.6) is 5.75 Å². The SMILES string of the molecule is Cc1[nH]c(=O)c(C#N)cc1-c1csc(-c2cccc(O)c2)n1. The first-order valence-corrected chi connectivity index (χ1v) is 7.36. The molecule has 0 aliphatic heterocycles. The van der Waals surface area contributed by atoms with Crippen LogP contribution in [0.2, 0.25) is 0 Å². The summed E-state index contributed by atoms with van der Waals surface area (Å²) in [5, 5.41) is 21.1. The number of aromatic hydroxyl groups is 1. The number of aromatic amines is 1. The summed E-state index contributed by atoms with van der Waals surface area (Å²) in [6.07, 6.45) is 0. The van der Waals surface area contributed by atoms with Crippen molar-refractivity contribution in [2.24, 2.45) is 0 Å². The van der Waals surface area contributed by atoms with E-state index in [1.165, 1.54) is 11.3 Å². The third-order valence-corrected chi connectivity index (χ3v) is 4.12. The quantitative estimate of drug-likeness (QED) is 0.761. The van der Waals surface area contributed by atoms with Gasteiger partial charge in [0.25, 0.3) is 5.56 Å². The van der Waals surface area contributed by atoms with Crippen LogP contribution in [-0.2, 0) is 0 Å². The number of nitrogens with one attached hydrogen (secondary N) is 1. The second kappa shape index (κ2) is 5.47. The maximum absolute atomic E-state index is 11.6. The zero-order valence-corrected chi connectivity index (χ0v) is 12.4. The molecule has 3 rings (SSSR count). The summed E-state index contributed by atoms with van der Waals surface area (Å²) < 4.78 is 0. The van der Waals surface area contributed by atoms with E-state index in [1.54, 1.807) is 31.2 Å². The largest absolute Gasteiger partial charge is 0.508 e. The second-order valence-corrected chi connectivity index (χ2v) is 5.61. The summed E-state index contributed by atoms with van der Waals surface area (Å²) in [7, 11) is 0. The number of benzene rings is 1. The predicted molar refractivity (Wildman–Crippen MR) is 84.7 cm³/mol. The van der Waals surface area contributed by atoms with Crippen LogP contribution in [0.15, 0.2) is 40.5 Å². The number of phenolic OH excluding ortho intramolecular Hbond substituents is 1. The maximum atomic E-state index is 11.6. The minimum Gasteiger partial charge on any atom is -0.508 e. The molecule has 1 aromatic carbocycles. The summed E-state index contributed by atoms with van der Waals surface area (Å²) in [4.78, 5) is 18.8. The molecule has 2 heterocycles. The molecule has 2 N–H and O–H groups in total. The van der Waals surface area contributed by atoms with E-state index in [4.69, 9.17) is 5.26 Å². The average molecular weight is 309 g/mol. The normalized spacial score (nSPS) is 10.4. The molecule has 0 radical (unpaired) electrons. The Balaban J connectivity index is 2.09. The van der Waals surface area contributed by atoms with Crippen molar-refractivity contribution in [2.75, 3.05) is 0 Å². The van der Waals surface area contributed by atoms with E-state index in [-0.39, 0.29) is 11.3 Å². The fraction of sp³-hybridized carbons (Fsp3) is 0.0625. The van der Waals surface area contributed by atoms with Gasteiger partial charge in [-0.15, -0.1) is 11.3 Å². The van der Waals surface area contributed by atoms with Crippen LogP contribution in [0.4, 0.5) is 0 Å². The molecular weight excluding hydrogens is 298 g/mol. The number of aromatic nitrogens is 2. The van der Waals surface area contributed by atoms with Crippen molar-refractivity contribution in [3.05, 3.63) is 57.3 Å². The molecule has 0 saturated heterocycles. The molecule has 0 unspecified atom stereocenters. The number of phenols is 1. The van der Waals surface area contributed by atoms with E-state index in [0.29, 0.717) is 11.4 Å².